The van der Waals surface area contributed by atoms with Crippen LogP contribution in [0.5, 0.6) is 0 Å². The summed E-state index contributed by atoms with van der Waals surface area (Å²) in [6.45, 7) is 13.2. The van der Waals surface area contributed by atoms with Crippen molar-refractivity contribution in [2.45, 2.75) is 48.0 Å². The van der Waals surface area contributed by atoms with Gasteiger partial charge in [-0.2, -0.15) is 0 Å². The summed E-state index contributed by atoms with van der Waals surface area (Å²) in [7, 11) is 0. The van der Waals surface area contributed by atoms with E-state index in [-0.39, 0.29) is 0 Å². The lowest BCUT2D eigenvalue weighted by Crippen LogP contribution is -1.99. The molecule has 0 aromatic heterocycles. The largest absolute Gasteiger partial charge is 0.0561 e. The van der Waals surface area contributed by atoms with Gasteiger partial charge in [-0.1, -0.05) is 29.8 Å². The van der Waals surface area contributed by atoms with Gasteiger partial charge < -0.3 is 0 Å². The molecule has 0 bridgehead atoms. The van der Waals surface area contributed by atoms with Gasteiger partial charge >= 0.3 is 0 Å². The van der Waals surface area contributed by atoms with Crippen LogP contribution in [0.4, 0.5) is 0 Å². The van der Waals surface area contributed by atoms with E-state index in [1.54, 1.807) is 0 Å². The van der Waals surface area contributed by atoms with Crippen LogP contribution in [0.3, 0.4) is 0 Å². The van der Waals surface area contributed by atoms with Crippen molar-refractivity contribution in [3.63, 3.8) is 0 Å². The van der Waals surface area contributed by atoms with Crippen LogP contribution in [-0.2, 0) is 6.42 Å². The lowest BCUT2D eigenvalue weighted by molar-refractivity contribution is 1.09. The molecule has 0 saturated carbocycles. The van der Waals surface area contributed by atoms with Crippen molar-refractivity contribution in [3.8, 4) is 0 Å². The van der Waals surface area contributed by atoms with Crippen LogP contribution in [0, 0.1) is 41.5 Å². The van der Waals surface area contributed by atoms with E-state index in [1.807, 2.05) is 0 Å². The van der Waals surface area contributed by atoms with E-state index in [2.05, 4.69) is 65.8 Å². The molecule has 0 atom stereocenters. The van der Waals surface area contributed by atoms with Gasteiger partial charge in [-0.05, 0) is 86.9 Å². The molecule has 100 valence electrons. The highest BCUT2D eigenvalue weighted by atomic mass is 14.1. The Labute approximate surface area is 117 Å². The van der Waals surface area contributed by atoms with E-state index in [9.17, 15) is 0 Å². The first-order valence-electron chi connectivity index (χ1n) is 7.02. The van der Waals surface area contributed by atoms with Crippen molar-refractivity contribution in [2.75, 3.05) is 0 Å². The molecule has 0 heterocycles. The molecule has 2 rings (SSSR count). The Hall–Kier alpha value is -1.56. The molecule has 0 heteroatoms. The van der Waals surface area contributed by atoms with Crippen molar-refractivity contribution >= 4 is 0 Å². The third-order valence-corrected chi connectivity index (χ3v) is 4.25. The maximum absolute atomic E-state index is 2.35. The molecular formula is C19H24. The van der Waals surface area contributed by atoms with Crippen molar-refractivity contribution in [1.29, 1.82) is 0 Å². The van der Waals surface area contributed by atoms with Gasteiger partial charge in [0.15, 0.2) is 0 Å². The molecule has 0 radical (unpaired) electrons. The molecule has 0 unspecified atom stereocenters. The Morgan fingerprint density at radius 3 is 1.89 bits per heavy atom. The molecule has 0 spiro atoms. The van der Waals surface area contributed by atoms with E-state index in [0.29, 0.717) is 0 Å². The zero-order chi connectivity index (χ0) is 14.2. The predicted octanol–water partition coefficient (Wildman–Crippen LogP) is 5.13. The molecule has 0 fully saturated rings. The average Bonchev–Trinajstić information content (AvgIpc) is 2.32. The topological polar surface area (TPSA) is 0 Å². The normalized spacial score (nSPS) is 10.8. The maximum Gasteiger partial charge on any atom is -0.00202 e. The minimum atomic E-state index is 1.04. The Morgan fingerprint density at radius 1 is 0.579 bits per heavy atom. The fraction of sp³-hybridized carbons (Fsp3) is 0.368. The van der Waals surface area contributed by atoms with Gasteiger partial charge in [0, 0.05) is 0 Å². The van der Waals surface area contributed by atoms with Crippen LogP contribution in [0.15, 0.2) is 24.3 Å². The van der Waals surface area contributed by atoms with Crippen molar-refractivity contribution in [1.82, 2.24) is 0 Å². The Balaban J connectivity index is 2.44. The van der Waals surface area contributed by atoms with Gasteiger partial charge in [-0.3, -0.25) is 0 Å². The number of aryl methyl sites for hydroxylation is 5. The molecule has 0 aliphatic rings. The van der Waals surface area contributed by atoms with E-state index in [1.165, 1.54) is 44.5 Å². The fourth-order valence-electron chi connectivity index (χ4n) is 2.73. The van der Waals surface area contributed by atoms with Crippen LogP contribution < -0.4 is 0 Å². The van der Waals surface area contributed by atoms with Crippen molar-refractivity contribution < 1.29 is 0 Å². The minimum absolute atomic E-state index is 1.04. The molecule has 0 saturated heterocycles. The van der Waals surface area contributed by atoms with E-state index >= 15 is 0 Å². The summed E-state index contributed by atoms with van der Waals surface area (Å²) in [5, 5.41) is 0. The second kappa shape index (κ2) is 5.21. The van der Waals surface area contributed by atoms with Crippen LogP contribution >= 0.6 is 0 Å². The van der Waals surface area contributed by atoms with Crippen molar-refractivity contribution in [3.05, 3.63) is 68.8 Å². The van der Waals surface area contributed by atoms with Crippen LogP contribution in [-0.4, -0.2) is 0 Å². The predicted molar refractivity (Wildman–Crippen MR) is 84.1 cm³/mol. The molecule has 0 aliphatic carbocycles. The summed E-state index contributed by atoms with van der Waals surface area (Å²) in [5.74, 6) is 0. The first-order chi connectivity index (χ1) is 8.88. The minimum Gasteiger partial charge on any atom is -0.0561 e. The number of hydrogen-bond donors (Lipinski definition) is 0. The van der Waals surface area contributed by atoms with Crippen LogP contribution in [0.2, 0.25) is 0 Å². The summed E-state index contributed by atoms with van der Waals surface area (Å²) in [6, 6.07) is 9.26. The monoisotopic (exact) mass is 252 g/mol. The van der Waals surface area contributed by atoms with Crippen LogP contribution in [0.25, 0.3) is 0 Å². The Morgan fingerprint density at radius 2 is 1.21 bits per heavy atom. The Bertz CT molecular complexity index is 618. The third kappa shape index (κ3) is 2.89. The Kier molecular flexibility index (Phi) is 3.80. The average molecular weight is 252 g/mol. The van der Waals surface area contributed by atoms with E-state index in [4.69, 9.17) is 0 Å². The first kappa shape index (κ1) is 13.9. The lowest BCUT2D eigenvalue weighted by Gasteiger charge is -2.14. The van der Waals surface area contributed by atoms with Crippen molar-refractivity contribution in [2.24, 2.45) is 0 Å². The van der Waals surface area contributed by atoms with Gasteiger partial charge in [0.05, 0.1) is 0 Å². The van der Waals surface area contributed by atoms with Gasteiger partial charge in [0.2, 0.25) is 0 Å². The quantitative estimate of drug-likeness (QED) is 0.695. The summed E-state index contributed by atoms with van der Waals surface area (Å²) in [4.78, 5) is 0. The summed E-state index contributed by atoms with van der Waals surface area (Å²) < 4.78 is 0. The van der Waals surface area contributed by atoms with E-state index in [0.717, 1.165) is 6.42 Å². The fourth-order valence-corrected chi connectivity index (χ4v) is 2.73. The van der Waals surface area contributed by atoms with Crippen LogP contribution in [0.1, 0.15) is 44.5 Å². The molecule has 0 N–H and O–H groups in total. The third-order valence-electron chi connectivity index (χ3n) is 4.25. The van der Waals surface area contributed by atoms with Gasteiger partial charge in [0.1, 0.15) is 0 Å². The molecule has 2 aromatic rings. The second-order valence-electron chi connectivity index (χ2n) is 5.91. The highest BCUT2D eigenvalue weighted by Gasteiger charge is 2.07. The molecule has 0 nitrogen and oxygen atoms in total. The lowest BCUT2D eigenvalue weighted by atomic mass is 9.91. The van der Waals surface area contributed by atoms with Gasteiger partial charge in [-0.15, -0.1) is 0 Å². The molecule has 0 aliphatic heterocycles. The highest BCUT2D eigenvalue weighted by Crippen LogP contribution is 2.23. The highest BCUT2D eigenvalue weighted by molar-refractivity contribution is 5.44. The number of benzene rings is 2. The SMILES string of the molecule is Cc1cc(C)c(C)c(Cc2cc(C)c(C)cc2C)c1. The molecule has 2 aromatic carbocycles. The molecule has 19 heavy (non-hydrogen) atoms. The summed E-state index contributed by atoms with van der Waals surface area (Å²) >= 11 is 0. The zero-order valence-electron chi connectivity index (χ0n) is 13.0. The maximum atomic E-state index is 2.35. The smallest absolute Gasteiger partial charge is 0.00202 e. The van der Waals surface area contributed by atoms with Gasteiger partial charge in [0.25, 0.3) is 0 Å². The first-order valence-corrected chi connectivity index (χ1v) is 7.02. The number of hydrogen-bond acceptors (Lipinski definition) is 0. The standard InChI is InChI=1S/C19H24/c1-12-7-15(4)17(6)19(8-12)11-18-10-14(3)13(2)9-16(18)5/h7-10H,11H2,1-6H3. The summed E-state index contributed by atoms with van der Waals surface area (Å²) in [6.07, 6.45) is 1.04. The van der Waals surface area contributed by atoms with Gasteiger partial charge in [-0.25, -0.2) is 0 Å². The molecular weight excluding hydrogens is 228 g/mol. The zero-order valence-corrected chi connectivity index (χ0v) is 13.0. The summed E-state index contributed by atoms with van der Waals surface area (Å²) in [5.41, 5.74) is 11.3. The molecule has 0 amide bonds. The second-order valence-corrected chi connectivity index (χ2v) is 5.91. The van der Waals surface area contributed by atoms with E-state index < -0.39 is 0 Å². The number of rotatable bonds is 2.